The highest BCUT2D eigenvalue weighted by molar-refractivity contribution is 6.02. The van der Waals surface area contributed by atoms with Crippen molar-refractivity contribution < 1.29 is 38.4 Å². The zero-order valence-corrected chi connectivity index (χ0v) is 18.0. The minimum Gasteiger partial charge on any atom is -0.493 e. The van der Waals surface area contributed by atoms with E-state index in [2.05, 4.69) is 13.2 Å². The summed E-state index contributed by atoms with van der Waals surface area (Å²) in [4.78, 5) is 38.7. The zero-order valence-electron chi connectivity index (χ0n) is 18.0. The van der Waals surface area contributed by atoms with Gasteiger partial charge < -0.3 is 24.1 Å². The number of aliphatic hydroxyl groups is 1. The smallest absolute Gasteiger partial charge is 0.317 e. The Morgan fingerprint density at radius 1 is 1.10 bits per heavy atom. The third kappa shape index (κ3) is 5.14. The van der Waals surface area contributed by atoms with E-state index < -0.39 is 47.5 Å². The molecule has 2 rings (SSSR count). The van der Waals surface area contributed by atoms with E-state index in [0.29, 0.717) is 17.1 Å². The molecule has 0 bridgehead atoms. The number of ketones is 1. The summed E-state index contributed by atoms with van der Waals surface area (Å²) in [6, 6.07) is 4.78. The van der Waals surface area contributed by atoms with Crippen molar-refractivity contribution in [2.24, 2.45) is 11.8 Å². The van der Waals surface area contributed by atoms with Gasteiger partial charge in [0.05, 0.1) is 25.7 Å². The summed E-state index contributed by atoms with van der Waals surface area (Å²) in [7, 11) is 2.91. The molecular formula is C23H28O8. The number of rotatable bonds is 9. The number of hydrogen-bond donors (Lipinski definition) is 1. The average molecular weight is 432 g/mol. The van der Waals surface area contributed by atoms with Crippen molar-refractivity contribution in [3.05, 3.63) is 49.1 Å². The summed E-state index contributed by atoms with van der Waals surface area (Å²) in [6.45, 7) is 8.22. The molecule has 1 aliphatic carbocycles. The van der Waals surface area contributed by atoms with Crippen LogP contribution < -0.4 is 9.47 Å². The SMILES string of the molecule is C=CCOC(=O)[C@@H]1C(=O)C[C@](C)(O)[C@@H](C(=O)OCC=C)[C@@H]1c1ccc(OC)c(OC)c1. The van der Waals surface area contributed by atoms with Gasteiger partial charge in [0.15, 0.2) is 17.3 Å². The van der Waals surface area contributed by atoms with Crippen LogP contribution >= 0.6 is 0 Å². The number of ether oxygens (including phenoxy) is 4. The Morgan fingerprint density at radius 3 is 2.23 bits per heavy atom. The maximum Gasteiger partial charge on any atom is 0.317 e. The van der Waals surface area contributed by atoms with E-state index in [1.807, 2.05) is 0 Å². The molecule has 0 aliphatic heterocycles. The van der Waals surface area contributed by atoms with Crippen LogP contribution in [-0.4, -0.2) is 55.9 Å². The van der Waals surface area contributed by atoms with Gasteiger partial charge in [0.1, 0.15) is 19.1 Å². The highest BCUT2D eigenvalue weighted by Gasteiger charge is 2.57. The van der Waals surface area contributed by atoms with Crippen LogP contribution in [0.4, 0.5) is 0 Å². The van der Waals surface area contributed by atoms with Crippen LogP contribution in [0.5, 0.6) is 11.5 Å². The molecule has 0 saturated heterocycles. The van der Waals surface area contributed by atoms with Crippen molar-refractivity contribution in [2.75, 3.05) is 27.4 Å². The molecule has 0 aromatic heterocycles. The predicted octanol–water partition coefficient (Wildman–Crippen LogP) is 2.20. The summed E-state index contributed by atoms with van der Waals surface area (Å²) in [5, 5.41) is 11.0. The van der Waals surface area contributed by atoms with E-state index in [1.54, 1.807) is 18.2 Å². The van der Waals surface area contributed by atoms with Crippen molar-refractivity contribution in [3.63, 3.8) is 0 Å². The number of esters is 2. The Labute approximate surface area is 181 Å². The van der Waals surface area contributed by atoms with Gasteiger partial charge in [-0.15, -0.1) is 0 Å². The van der Waals surface area contributed by atoms with Gasteiger partial charge in [0.2, 0.25) is 0 Å². The molecule has 1 aromatic carbocycles. The Morgan fingerprint density at radius 2 is 1.68 bits per heavy atom. The molecule has 0 spiro atoms. The third-order valence-electron chi connectivity index (χ3n) is 5.25. The Bertz CT molecular complexity index is 857. The van der Waals surface area contributed by atoms with Gasteiger partial charge in [0, 0.05) is 12.3 Å². The lowest BCUT2D eigenvalue weighted by Crippen LogP contribution is -2.55. The normalized spacial score (nSPS) is 25.3. The number of Topliss-reactive ketones (excluding diaryl/α,β-unsaturated/α-hetero) is 1. The van der Waals surface area contributed by atoms with Crippen molar-refractivity contribution in [3.8, 4) is 11.5 Å². The van der Waals surface area contributed by atoms with Gasteiger partial charge in [-0.25, -0.2) is 0 Å². The summed E-state index contributed by atoms with van der Waals surface area (Å²) in [6.07, 6.45) is 2.36. The molecule has 31 heavy (non-hydrogen) atoms. The van der Waals surface area contributed by atoms with Gasteiger partial charge in [-0.2, -0.15) is 0 Å². The van der Waals surface area contributed by atoms with E-state index in [4.69, 9.17) is 18.9 Å². The third-order valence-corrected chi connectivity index (χ3v) is 5.25. The van der Waals surface area contributed by atoms with Crippen LogP contribution in [0, 0.1) is 11.8 Å². The molecule has 0 unspecified atom stereocenters. The molecule has 1 aliphatic rings. The lowest BCUT2D eigenvalue weighted by atomic mass is 9.61. The van der Waals surface area contributed by atoms with Gasteiger partial charge in [-0.05, 0) is 24.6 Å². The zero-order chi connectivity index (χ0) is 23.2. The molecular weight excluding hydrogens is 404 g/mol. The highest BCUT2D eigenvalue weighted by atomic mass is 16.5. The second-order valence-corrected chi connectivity index (χ2v) is 7.43. The second-order valence-electron chi connectivity index (χ2n) is 7.43. The maximum atomic E-state index is 13.0. The van der Waals surface area contributed by atoms with Crippen LogP contribution in [0.3, 0.4) is 0 Å². The first-order chi connectivity index (χ1) is 14.7. The second kappa shape index (κ2) is 10.3. The summed E-state index contributed by atoms with van der Waals surface area (Å²) in [5.41, 5.74) is -1.32. The molecule has 4 atom stereocenters. The number of methoxy groups -OCH3 is 2. The van der Waals surface area contributed by atoms with E-state index in [-0.39, 0.29) is 13.2 Å². The monoisotopic (exact) mass is 432 g/mol. The van der Waals surface area contributed by atoms with E-state index in [0.717, 1.165) is 0 Å². The molecule has 8 heteroatoms. The number of benzene rings is 1. The van der Waals surface area contributed by atoms with Crippen LogP contribution in [0.15, 0.2) is 43.5 Å². The van der Waals surface area contributed by atoms with Crippen LogP contribution in [0.2, 0.25) is 0 Å². The van der Waals surface area contributed by atoms with Gasteiger partial charge in [0.25, 0.3) is 0 Å². The predicted molar refractivity (Wildman–Crippen MR) is 112 cm³/mol. The van der Waals surface area contributed by atoms with Gasteiger partial charge in [-0.1, -0.05) is 31.4 Å². The van der Waals surface area contributed by atoms with E-state index in [9.17, 15) is 19.5 Å². The number of hydrogen-bond acceptors (Lipinski definition) is 8. The number of carbonyl (C=O) groups excluding carboxylic acids is 3. The molecule has 1 N–H and O–H groups in total. The first-order valence-corrected chi connectivity index (χ1v) is 9.73. The lowest BCUT2D eigenvalue weighted by molar-refractivity contribution is -0.172. The summed E-state index contributed by atoms with van der Waals surface area (Å²) >= 11 is 0. The Balaban J connectivity index is 2.65. The quantitative estimate of drug-likeness (QED) is 0.359. The van der Waals surface area contributed by atoms with Crippen LogP contribution in [-0.2, 0) is 23.9 Å². The minimum absolute atomic E-state index is 0.0798. The van der Waals surface area contributed by atoms with Gasteiger partial charge in [-0.3, -0.25) is 14.4 Å². The van der Waals surface area contributed by atoms with Crippen molar-refractivity contribution >= 4 is 17.7 Å². The molecule has 1 aromatic rings. The summed E-state index contributed by atoms with van der Waals surface area (Å²) in [5.74, 6) is -4.91. The van der Waals surface area contributed by atoms with Crippen LogP contribution in [0.1, 0.15) is 24.8 Å². The fraction of sp³-hybridized carbons (Fsp3) is 0.435. The first-order valence-electron chi connectivity index (χ1n) is 9.73. The molecule has 0 amide bonds. The Hall–Kier alpha value is -3.13. The van der Waals surface area contributed by atoms with Crippen LogP contribution in [0.25, 0.3) is 0 Å². The van der Waals surface area contributed by atoms with Crippen molar-refractivity contribution in [1.29, 1.82) is 0 Å². The first kappa shape index (κ1) is 24.1. The Kier molecular flexibility index (Phi) is 7.99. The lowest BCUT2D eigenvalue weighted by Gasteiger charge is -2.43. The molecule has 8 nitrogen and oxygen atoms in total. The van der Waals surface area contributed by atoms with Crippen molar-refractivity contribution in [1.82, 2.24) is 0 Å². The van der Waals surface area contributed by atoms with Gasteiger partial charge >= 0.3 is 11.9 Å². The molecule has 168 valence electrons. The van der Waals surface area contributed by atoms with E-state index in [1.165, 1.54) is 33.3 Å². The molecule has 0 heterocycles. The fourth-order valence-corrected chi connectivity index (χ4v) is 3.94. The largest absolute Gasteiger partial charge is 0.493 e. The molecule has 0 radical (unpaired) electrons. The number of carbonyl (C=O) groups is 3. The topological polar surface area (TPSA) is 108 Å². The maximum absolute atomic E-state index is 13.0. The van der Waals surface area contributed by atoms with Crippen molar-refractivity contribution in [2.45, 2.75) is 24.9 Å². The summed E-state index contributed by atoms with van der Waals surface area (Å²) < 4.78 is 20.9. The fourth-order valence-electron chi connectivity index (χ4n) is 3.94. The average Bonchev–Trinajstić information content (AvgIpc) is 2.74. The molecule has 1 fully saturated rings. The molecule has 1 saturated carbocycles. The highest BCUT2D eigenvalue weighted by Crippen LogP contribution is 2.48. The van der Waals surface area contributed by atoms with E-state index >= 15 is 0 Å². The standard InChI is InChI=1S/C23H28O8/c1-6-10-30-21(25)19-15(24)13-23(3,27)20(22(26)31-11-7-2)18(19)14-8-9-16(28-4)17(12-14)29-5/h6-9,12,18-20,27H,1-2,10-11,13H2,3-5H3/t18-,19-,20-,23+/m1/s1. The minimum atomic E-state index is -1.75.